The van der Waals surface area contributed by atoms with E-state index in [0.29, 0.717) is 5.56 Å². The fraction of sp³-hybridized carbons (Fsp3) is 0.263. The normalized spacial score (nSPS) is 11.8. The Morgan fingerprint density at radius 2 is 1.68 bits per heavy atom. The number of non-ortho nitro benzene ring substituents is 1. The summed E-state index contributed by atoms with van der Waals surface area (Å²) in [6.07, 6.45) is -0.301. The van der Waals surface area contributed by atoms with E-state index in [1.807, 2.05) is 0 Å². The van der Waals surface area contributed by atoms with Gasteiger partial charge in [0.25, 0.3) is 11.6 Å². The van der Waals surface area contributed by atoms with E-state index in [2.05, 4.69) is 5.32 Å². The molecule has 0 aliphatic heterocycles. The summed E-state index contributed by atoms with van der Waals surface area (Å²) in [4.78, 5) is 35.4. The Kier molecular flexibility index (Phi) is 7.37. The fourth-order valence-corrected chi connectivity index (χ4v) is 3.01. The first-order valence-electron chi connectivity index (χ1n) is 8.37. The minimum absolute atomic E-state index is 0.0527. The van der Waals surface area contributed by atoms with Crippen LogP contribution in [0.3, 0.4) is 0 Å². The molecule has 1 N–H and O–H groups in total. The van der Waals surface area contributed by atoms with Gasteiger partial charge in [0.15, 0.2) is 0 Å². The zero-order chi connectivity index (χ0) is 20.8. The Labute approximate surface area is 171 Å². The average molecular weight is 425 g/mol. The summed E-state index contributed by atoms with van der Waals surface area (Å²) in [5.74, 6) is -1.26. The number of ether oxygens (including phenoxy) is 1. The summed E-state index contributed by atoms with van der Waals surface area (Å²) in [5.41, 5.74) is 0.593. The molecule has 0 saturated carbocycles. The summed E-state index contributed by atoms with van der Waals surface area (Å²) in [7, 11) is 0. The lowest BCUT2D eigenvalue weighted by molar-refractivity contribution is -0.384. The highest BCUT2D eigenvalue weighted by molar-refractivity contribution is 6.39. The van der Waals surface area contributed by atoms with Gasteiger partial charge in [-0.1, -0.05) is 41.4 Å². The highest BCUT2D eigenvalue weighted by Gasteiger charge is 2.26. The topological polar surface area (TPSA) is 98.5 Å². The zero-order valence-corrected chi connectivity index (χ0v) is 16.7. The van der Waals surface area contributed by atoms with Crippen LogP contribution in [0.15, 0.2) is 42.5 Å². The number of nitrogens with zero attached hydrogens (tertiary/aromatic N) is 1. The summed E-state index contributed by atoms with van der Waals surface area (Å²) in [6.45, 7) is 3.38. The van der Waals surface area contributed by atoms with E-state index in [1.54, 1.807) is 19.9 Å². The molecule has 1 amide bonds. The first kappa shape index (κ1) is 21.7. The van der Waals surface area contributed by atoms with E-state index in [4.69, 9.17) is 27.9 Å². The van der Waals surface area contributed by atoms with Gasteiger partial charge in [-0.15, -0.1) is 0 Å². The van der Waals surface area contributed by atoms with Crippen LogP contribution in [0, 0.1) is 10.1 Å². The number of rotatable bonds is 7. The summed E-state index contributed by atoms with van der Waals surface area (Å²) in [6, 6.07) is 9.29. The summed E-state index contributed by atoms with van der Waals surface area (Å²) in [5, 5.41) is 13.7. The molecular weight excluding hydrogens is 407 g/mol. The van der Waals surface area contributed by atoms with Gasteiger partial charge in [-0.3, -0.25) is 14.9 Å². The van der Waals surface area contributed by atoms with E-state index in [-0.39, 0.29) is 33.8 Å². The second kappa shape index (κ2) is 9.52. The Morgan fingerprint density at radius 3 is 2.18 bits per heavy atom. The molecule has 28 heavy (non-hydrogen) atoms. The molecule has 148 valence electrons. The van der Waals surface area contributed by atoms with E-state index in [1.165, 1.54) is 36.4 Å². The van der Waals surface area contributed by atoms with Crippen LogP contribution in [0.25, 0.3) is 0 Å². The van der Waals surface area contributed by atoms with Gasteiger partial charge in [-0.05, 0) is 31.5 Å². The lowest BCUT2D eigenvalue weighted by Crippen LogP contribution is -2.44. The minimum atomic E-state index is -1.02. The molecule has 0 heterocycles. The molecule has 1 unspecified atom stereocenters. The highest BCUT2D eigenvalue weighted by Crippen LogP contribution is 2.24. The molecule has 0 aliphatic rings. The number of nitrogens with one attached hydrogen (secondary N) is 1. The quantitative estimate of drug-likeness (QED) is 0.407. The van der Waals surface area contributed by atoms with Gasteiger partial charge in [0.05, 0.1) is 26.6 Å². The lowest BCUT2D eigenvalue weighted by Gasteiger charge is -2.20. The average Bonchev–Trinajstić information content (AvgIpc) is 2.60. The van der Waals surface area contributed by atoms with Gasteiger partial charge in [-0.2, -0.15) is 0 Å². The van der Waals surface area contributed by atoms with E-state index < -0.39 is 22.8 Å². The largest absolute Gasteiger partial charge is 0.461 e. The van der Waals surface area contributed by atoms with Gasteiger partial charge in [0, 0.05) is 18.6 Å². The molecule has 0 saturated heterocycles. The Bertz CT molecular complexity index is 864. The Balaban J connectivity index is 2.25. The number of carbonyl (C=O) groups excluding carboxylic acids is 2. The molecule has 2 aromatic rings. The van der Waals surface area contributed by atoms with Crippen molar-refractivity contribution >= 4 is 40.8 Å². The number of amides is 1. The SMILES string of the molecule is CC(C)OC(=O)C(Cc1ccc([N+](=O)[O-])cc1)NC(=O)c1c(Cl)cccc1Cl. The monoisotopic (exact) mass is 424 g/mol. The van der Waals surface area contributed by atoms with Crippen LogP contribution in [-0.4, -0.2) is 28.9 Å². The van der Waals surface area contributed by atoms with Crippen LogP contribution in [-0.2, 0) is 16.0 Å². The molecule has 7 nitrogen and oxygen atoms in total. The number of nitro groups is 1. The fourth-order valence-electron chi connectivity index (χ4n) is 2.44. The van der Waals surface area contributed by atoms with Crippen LogP contribution >= 0.6 is 23.2 Å². The van der Waals surface area contributed by atoms with Crippen molar-refractivity contribution in [3.05, 3.63) is 73.8 Å². The van der Waals surface area contributed by atoms with Gasteiger partial charge >= 0.3 is 5.97 Å². The molecular formula is C19H18Cl2N2O5. The number of carbonyl (C=O) groups is 2. The van der Waals surface area contributed by atoms with Crippen molar-refractivity contribution < 1.29 is 19.2 Å². The molecule has 0 spiro atoms. The first-order chi connectivity index (χ1) is 13.2. The molecule has 0 aliphatic carbocycles. The van der Waals surface area contributed by atoms with Crippen LogP contribution < -0.4 is 5.32 Å². The summed E-state index contributed by atoms with van der Waals surface area (Å²) < 4.78 is 5.22. The van der Waals surface area contributed by atoms with E-state index in [9.17, 15) is 19.7 Å². The van der Waals surface area contributed by atoms with Crippen molar-refractivity contribution in [1.82, 2.24) is 5.32 Å². The van der Waals surface area contributed by atoms with E-state index in [0.717, 1.165) is 0 Å². The number of esters is 1. The zero-order valence-electron chi connectivity index (χ0n) is 15.1. The maximum atomic E-state index is 12.6. The predicted molar refractivity (Wildman–Crippen MR) is 106 cm³/mol. The molecule has 1 atom stereocenters. The maximum absolute atomic E-state index is 12.6. The smallest absolute Gasteiger partial charge is 0.329 e. The molecule has 0 fully saturated rings. The highest BCUT2D eigenvalue weighted by atomic mass is 35.5. The van der Waals surface area contributed by atoms with Gasteiger partial charge in [0.1, 0.15) is 6.04 Å². The molecule has 0 bridgehead atoms. The van der Waals surface area contributed by atoms with Crippen LogP contribution in [0.5, 0.6) is 0 Å². The molecule has 2 rings (SSSR count). The third kappa shape index (κ3) is 5.68. The molecule has 9 heteroatoms. The molecule has 2 aromatic carbocycles. The molecule has 0 radical (unpaired) electrons. The second-order valence-electron chi connectivity index (χ2n) is 6.24. The number of halogens is 2. The van der Waals surface area contributed by atoms with Crippen LogP contribution in [0.2, 0.25) is 10.0 Å². The Hall–Kier alpha value is -2.64. The maximum Gasteiger partial charge on any atom is 0.329 e. The van der Waals surface area contributed by atoms with Crippen molar-refractivity contribution in [3.63, 3.8) is 0 Å². The van der Waals surface area contributed by atoms with Crippen LogP contribution in [0.1, 0.15) is 29.8 Å². The van der Waals surface area contributed by atoms with Crippen molar-refractivity contribution in [3.8, 4) is 0 Å². The minimum Gasteiger partial charge on any atom is -0.461 e. The van der Waals surface area contributed by atoms with Gasteiger partial charge < -0.3 is 10.1 Å². The van der Waals surface area contributed by atoms with E-state index >= 15 is 0 Å². The van der Waals surface area contributed by atoms with Gasteiger partial charge in [-0.25, -0.2) is 4.79 Å². The van der Waals surface area contributed by atoms with Crippen molar-refractivity contribution in [1.29, 1.82) is 0 Å². The van der Waals surface area contributed by atoms with Gasteiger partial charge in [0.2, 0.25) is 0 Å². The Morgan fingerprint density at radius 1 is 1.11 bits per heavy atom. The van der Waals surface area contributed by atoms with Crippen LogP contribution in [0.4, 0.5) is 5.69 Å². The molecule has 0 aromatic heterocycles. The van der Waals surface area contributed by atoms with Crippen molar-refractivity contribution in [2.75, 3.05) is 0 Å². The number of hydrogen-bond acceptors (Lipinski definition) is 5. The second-order valence-corrected chi connectivity index (χ2v) is 7.05. The van der Waals surface area contributed by atoms with Crippen molar-refractivity contribution in [2.45, 2.75) is 32.4 Å². The lowest BCUT2D eigenvalue weighted by atomic mass is 10.0. The predicted octanol–water partition coefficient (Wildman–Crippen LogP) is 4.19. The third-order valence-electron chi connectivity index (χ3n) is 3.72. The number of hydrogen-bond donors (Lipinski definition) is 1. The standard InChI is InChI=1S/C19H18Cl2N2O5/c1-11(2)28-19(25)16(10-12-6-8-13(9-7-12)23(26)27)22-18(24)17-14(20)4-3-5-15(17)21/h3-9,11,16H,10H2,1-2H3,(H,22,24). The third-order valence-corrected chi connectivity index (χ3v) is 4.35. The summed E-state index contributed by atoms with van der Waals surface area (Å²) >= 11 is 12.1. The number of benzene rings is 2. The number of nitro benzene ring substituents is 1. The first-order valence-corrected chi connectivity index (χ1v) is 9.13. The van der Waals surface area contributed by atoms with Crippen molar-refractivity contribution in [2.24, 2.45) is 0 Å².